The number of nitrogens with one attached hydrogen (secondary N) is 2. The van der Waals surface area contributed by atoms with Gasteiger partial charge in [-0.15, -0.1) is 0 Å². The number of amides is 1. The molecule has 0 heterocycles. The van der Waals surface area contributed by atoms with Gasteiger partial charge in [0.05, 0.1) is 18.0 Å². The van der Waals surface area contributed by atoms with E-state index in [1.165, 1.54) is 18.2 Å². The van der Waals surface area contributed by atoms with Crippen LogP contribution in [-0.4, -0.2) is 28.0 Å². The summed E-state index contributed by atoms with van der Waals surface area (Å²) in [7, 11) is -2.24. The molecule has 0 aromatic heterocycles. The van der Waals surface area contributed by atoms with E-state index < -0.39 is 10.0 Å². The first-order chi connectivity index (χ1) is 16.2. The van der Waals surface area contributed by atoms with E-state index in [1.807, 2.05) is 12.1 Å². The van der Waals surface area contributed by atoms with Crippen LogP contribution in [0.2, 0.25) is 0 Å². The molecule has 0 aliphatic rings. The molecule has 0 aliphatic carbocycles. The van der Waals surface area contributed by atoms with Gasteiger partial charge in [0.1, 0.15) is 11.6 Å². The molecule has 0 radical (unpaired) electrons. The Hall–Kier alpha value is -2.27. The first kappa shape index (κ1) is 26.3. The molecule has 3 aromatic rings. The zero-order valence-corrected chi connectivity index (χ0v) is 22.2. The Labute approximate surface area is 215 Å². The van der Waals surface area contributed by atoms with E-state index in [9.17, 15) is 17.6 Å². The number of hydrogen-bond acceptors (Lipinski definition) is 4. The van der Waals surface area contributed by atoms with Crippen LogP contribution in [0, 0.1) is 5.82 Å². The lowest BCUT2D eigenvalue weighted by Gasteiger charge is -2.20. The number of halogens is 3. The van der Waals surface area contributed by atoms with E-state index >= 15 is 0 Å². The summed E-state index contributed by atoms with van der Waals surface area (Å²) in [4.78, 5) is 12.8. The predicted molar refractivity (Wildman–Crippen MR) is 136 cm³/mol. The third kappa shape index (κ3) is 7.36. The highest BCUT2D eigenvalue weighted by molar-refractivity contribution is 9.11. The van der Waals surface area contributed by atoms with Crippen LogP contribution in [0.3, 0.4) is 0 Å². The molecule has 1 atom stereocenters. The summed E-state index contributed by atoms with van der Waals surface area (Å²) in [5.41, 5.74) is 1.69. The smallest absolute Gasteiger partial charge is 0.241 e. The van der Waals surface area contributed by atoms with Crippen LogP contribution >= 0.6 is 31.9 Å². The van der Waals surface area contributed by atoms with Crippen LogP contribution in [0.15, 0.2) is 80.6 Å². The number of hydrogen-bond donors (Lipinski definition) is 2. The molecule has 0 spiro atoms. The molecule has 0 saturated heterocycles. The van der Waals surface area contributed by atoms with Gasteiger partial charge in [-0.05, 0) is 75.9 Å². The van der Waals surface area contributed by atoms with Crippen molar-refractivity contribution in [3.05, 3.63) is 92.6 Å². The molecule has 1 unspecified atom stereocenters. The van der Waals surface area contributed by atoms with Crippen molar-refractivity contribution >= 4 is 47.8 Å². The zero-order valence-electron chi connectivity index (χ0n) is 18.2. The van der Waals surface area contributed by atoms with Crippen molar-refractivity contribution in [2.45, 2.75) is 23.8 Å². The minimum atomic E-state index is -3.81. The van der Waals surface area contributed by atoms with Crippen LogP contribution in [0.25, 0.3) is 0 Å². The largest absolute Gasteiger partial charge is 0.497 e. The summed E-state index contributed by atoms with van der Waals surface area (Å²) in [6.45, 7) is -0.0704. The molecular formula is C24H23Br2FN2O4S. The second-order valence-corrected chi connectivity index (χ2v) is 11.0. The molecule has 34 heavy (non-hydrogen) atoms. The first-order valence-corrected chi connectivity index (χ1v) is 13.4. The summed E-state index contributed by atoms with van der Waals surface area (Å²) in [6.07, 6.45) is 0.385. The van der Waals surface area contributed by atoms with E-state index in [-0.39, 0.29) is 35.6 Å². The molecule has 0 fully saturated rings. The van der Waals surface area contributed by atoms with Gasteiger partial charge in [0.25, 0.3) is 0 Å². The van der Waals surface area contributed by atoms with Crippen LogP contribution in [0.4, 0.5) is 4.39 Å². The number of rotatable bonds is 10. The van der Waals surface area contributed by atoms with Gasteiger partial charge in [-0.3, -0.25) is 4.79 Å². The molecule has 3 rings (SSSR count). The standard InChI is InChI=1S/C24H23Br2FN2O4S/c1-33-20-9-4-17(5-10-20)22(14-16-2-7-19(27)8-3-16)29-24(30)12-13-28-34(31,32)23-15-18(25)6-11-21(23)26/h2-11,15,22,28H,12-14H2,1H3,(H,29,30). The number of ether oxygens (including phenoxy) is 1. The number of carbonyl (C=O) groups is 1. The maximum absolute atomic E-state index is 13.3. The van der Waals surface area contributed by atoms with Crippen molar-refractivity contribution in [3.8, 4) is 5.75 Å². The Morgan fingerprint density at radius 3 is 2.35 bits per heavy atom. The van der Waals surface area contributed by atoms with Crippen LogP contribution < -0.4 is 14.8 Å². The molecule has 180 valence electrons. The summed E-state index contributed by atoms with van der Waals surface area (Å²) in [6, 6.07) is 17.8. The topological polar surface area (TPSA) is 84.5 Å². The second-order valence-electron chi connectivity index (χ2n) is 7.45. The van der Waals surface area contributed by atoms with Gasteiger partial charge in [0.15, 0.2) is 0 Å². The number of carbonyl (C=O) groups excluding carboxylic acids is 1. The highest BCUT2D eigenvalue weighted by atomic mass is 79.9. The minimum absolute atomic E-state index is 0.0546. The second kappa shape index (κ2) is 11.9. The lowest BCUT2D eigenvalue weighted by Crippen LogP contribution is -2.33. The fourth-order valence-corrected chi connectivity index (χ4v) is 5.80. The average Bonchev–Trinajstić information content (AvgIpc) is 2.81. The number of sulfonamides is 1. The van der Waals surface area contributed by atoms with Gasteiger partial charge >= 0.3 is 0 Å². The zero-order chi connectivity index (χ0) is 24.7. The first-order valence-electron chi connectivity index (χ1n) is 10.3. The van der Waals surface area contributed by atoms with E-state index in [4.69, 9.17) is 4.74 Å². The van der Waals surface area contributed by atoms with Gasteiger partial charge in [0.2, 0.25) is 15.9 Å². The van der Waals surface area contributed by atoms with Crippen LogP contribution in [0.1, 0.15) is 23.6 Å². The SMILES string of the molecule is COc1ccc(C(Cc2ccc(F)cc2)NC(=O)CCNS(=O)(=O)c2cc(Br)ccc2Br)cc1. The average molecular weight is 614 g/mol. The Morgan fingerprint density at radius 1 is 1.03 bits per heavy atom. The van der Waals surface area contributed by atoms with E-state index in [0.717, 1.165) is 11.1 Å². The van der Waals surface area contributed by atoms with Crippen molar-refractivity contribution < 1.29 is 22.3 Å². The molecule has 1 amide bonds. The monoisotopic (exact) mass is 612 g/mol. The Kier molecular flexibility index (Phi) is 9.24. The van der Waals surface area contributed by atoms with Gasteiger partial charge in [-0.1, -0.05) is 40.2 Å². The van der Waals surface area contributed by atoms with Crippen molar-refractivity contribution in [2.75, 3.05) is 13.7 Å². The lowest BCUT2D eigenvalue weighted by atomic mass is 9.98. The number of benzene rings is 3. The van der Waals surface area contributed by atoms with Gasteiger partial charge in [-0.25, -0.2) is 17.5 Å². The van der Waals surface area contributed by atoms with Crippen LogP contribution in [-0.2, 0) is 21.2 Å². The maximum Gasteiger partial charge on any atom is 0.241 e. The highest BCUT2D eigenvalue weighted by Crippen LogP contribution is 2.26. The quantitative estimate of drug-likeness (QED) is 0.332. The molecule has 3 aromatic carbocycles. The third-order valence-corrected chi connectivity index (χ3v) is 7.98. The predicted octanol–water partition coefficient (Wildman–Crippen LogP) is 5.13. The fourth-order valence-electron chi connectivity index (χ4n) is 3.27. The van der Waals surface area contributed by atoms with Crippen molar-refractivity contribution in [2.24, 2.45) is 0 Å². The van der Waals surface area contributed by atoms with Crippen LogP contribution in [0.5, 0.6) is 5.75 Å². The Bertz CT molecular complexity index is 1240. The van der Waals surface area contributed by atoms with Gasteiger partial charge < -0.3 is 10.1 Å². The van der Waals surface area contributed by atoms with Gasteiger partial charge in [0, 0.05) is 21.9 Å². The van der Waals surface area contributed by atoms with E-state index in [1.54, 1.807) is 43.5 Å². The maximum atomic E-state index is 13.3. The lowest BCUT2D eigenvalue weighted by molar-refractivity contribution is -0.121. The molecule has 0 bridgehead atoms. The normalized spacial score (nSPS) is 12.2. The fraction of sp³-hybridized carbons (Fsp3) is 0.208. The Balaban J connectivity index is 1.67. The number of methoxy groups -OCH3 is 1. The summed E-state index contributed by atoms with van der Waals surface area (Å²) in [5.74, 6) is 0.0285. The molecule has 6 nitrogen and oxygen atoms in total. The minimum Gasteiger partial charge on any atom is -0.497 e. The molecule has 2 N–H and O–H groups in total. The van der Waals surface area contributed by atoms with Crippen molar-refractivity contribution in [3.63, 3.8) is 0 Å². The third-order valence-electron chi connectivity index (χ3n) is 5.03. The molecular weight excluding hydrogens is 591 g/mol. The van der Waals surface area contributed by atoms with E-state index in [0.29, 0.717) is 21.1 Å². The summed E-state index contributed by atoms with van der Waals surface area (Å²) >= 11 is 6.50. The highest BCUT2D eigenvalue weighted by Gasteiger charge is 2.20. The van der Waals surface area contributed by atoms with E-state index in [2.05, 4.69) is 41.9 Å². The van der Waals surface area contributed by atoms with Crippen molar-refractivity contribution in [1.82, 2.24) is 10.0 Å². The van der Waals surface area contributed by atoms with Gasteiger partial charge in [-0.2, -0.15) is 0 Å². The summed E-state index contributed by atoms with van der Waals surface area (Å²) < 4.78 is 47.3. The molecule has 0 saturated carbocycles. The Morgan fingerprint density at radius 2 is 1.71 bits per heavy atom. The van der Waals surface area contributed by atoms with Crippen molar-refractivity contribution in [1.29, 1.82) is 0 Å². The summed E-state index contributed by atoms with van der Waals surface area (Å²) in [5, 5.41) is 2.96. The molecule has 10 heteroatoms. The molecule has 0 aliphatic heterocycles.